The largest absolute Gasteiger partial charge is 0.415 e. The quantitative estimate of drug-likeness (QED) is 0.891. The minimum absolute atomic E-state index is 0.0246. The van der Waals surface area contributed by atoms with Gasteiger partial charge in [-0.3, -0.25) is 0 Å². The summed E-state index contributed by atoms with van der Waals surface area (Å²) in [5.74, 6) is 0.698. The second-order valence-electron chi connectivity index (χ2n) is 4.16. The molecule has 96 valence electrons. The minimum atomic E-state index is -4.61. The van der Waals surface area contributed by atoms with Crippen molar-refractivity contribution >= 4 is 11.8 Å². The first-order chi connectivity index (χ1) is 7.82. The maximum absolute atomic E-state index is 12.6. The Morgan fingerprint density at radius 2 is 2.18 bits per heavy atom. The number of rotatable bonds is 2. The summed E-state index contributed by atoms with van der Waals surface area (Å²) in [6, 6.07) is 0. The van der Waals surface area contributed by atoms with Crippen LogP contribution in [0.2, 0.25) is 0 Å². The van der Waals surface area contributed by atoms with Gasteiger partial charge in [-0.25, -0.2) is 0 Å². The van der Waals surface area contributed by atoms with Gasteiger partial charge in [0, 0.05) is 0 Å². The van der Waals surface area contributed by atoms with Gasteiger partial charge in [0.25, 0.3) is 5.89 Å². The molecule has 2 N–H and O–H groups in total. The average molecular weight is 267 g/mol. The Bertz CT molecular complexity index is 398. The minimum Gasteiger partial charge on any atom is -0.337 e. The third-order valence-electron chi connectivity index (χ3n) is 2.69. The van der Waals surface area contributed by atoms with E-state index in [0.717, 1.165) is 25.5 Å². The Kier molecular flexibility index (Phi) is 3.11. The van der Waals surface area contributed by atoms with Crippen molar-refractivity contribution in [1.82, 2.24) is 10.1 Å². The van der Waals surface area contributed by atoms with Gasteiger partial charge in [-0.05, 0) is 25.5 Å². The summed E-state index contributed by atoms with van der Waals surface area (Å²) in [5, 5.41) is 3.62. The van der Waals surface area contributed by atoms with Crippen LogP contribution in [-0.2, 0) is 5.54 Å². The topological polar surface area (TPSA) is 64.9 Å². The lowest BCUT2D eigenvalue weighted by Crippen LogP contribution is -2.48. The summed E-state index contributed by atoms with van der Waals surface area (Å²) in [6.07, 6.45) is -2.74. The van der Waals surface area contributed by atoms with Crippen LogP contribution in [0.15, 0.2) is 4.52 Å². The number of aromatic nitrogens is 2. The molecule has 1 fully saturated rings. The van der Waals surface area contributed by atoms with E-state index in [4.69, 9.17) is 5.73 Å². The Balaban J connectivity index is 2.23. The molecule has 4 nitrogen and oxygen atoms in total. The number of hydrogen-bond donors (Lipinski definition) is 1. The summed E-state index contributed by atoms with van der Waals surface area (Å²) < 4.78 is 42.6. The van der Waals surface area contributed by atoms with Crippen LogP contribution in [0.1, 0.15) is 36.7 Å². The van der Waals surface area contributed by atoms with Crippen molar-refractivity contribution in [3.63, 3.8) is 0 Å². The number of nitrogens with zero attached hydrogens (tertiary/aromatic N) is 2. The molecule has 0 radical (unpaired) electrons. The first-order valence-electron chi connectivity index (χ1n) is 5.13. The van der Waals surface area contributed by atoms with Crippen LogP contribution in [0.25, 0.3) is 0 Å². The highest BCUT2D eigenvalue weighted by Gasteiger charge is 2.53. The standard InChI is InChI=1S/C9H12F3N3OS/c1-8(13,9(10,11)12)7-14-6(15-16-7)5-3-2-4-17-5/h5H,2-4,13H2,1H3. The van der Waals surface area contributed by atoms with Crippen molar-refractivity contribution in [1.29, 1.82) is 0 Å². The molecule has 2 atom stereocenters. The normalized spacial score (nSPS) is 24.9. The number of hydrogen-bond acceptors (Lipinski definition) is 5. The summed E-state index contributed by atoms with van der Waals surface area (Å²) in [7, 11) is 0. The van der Waals surface area contributed by atoms with Crippen LogP contribution in [0.4, 0.5) is 13.2 Å². The molecule has 0 aromatic carbocycles. The molecule has 0 bridgehead atoms. The molecule has 0 saturated carbocycles. The average Bonchev–Trinajstić information content (AvgIpc) is 2.87. The van der Waals surface area contributed by atoms with Crippen LogP contribution in [0, 0.1) is 0 Å². The van der Waals surface area contributed by atoms with Crippen molar-refractivity contribution in [2.45, 2.75) is 36.7 Å². The van der Waals surface area contributed by atoms with E-state index >= 15 is 0 Å². The fourth-order valence-corrected chi connectivity index (χ4v) is 2.68. The smallest absolute Gasteiger partial charge is 0.337 e. The summed E-state index contributed by atoms with van der Waals surface area (Å²) in [6.45, 7) is 0.825. The number of alkyl halides is 3. The molecule has 8 heteroatoms. The Morgan fingerprint density at radius 1 is 1.47 bits per heavy atom. The van der Waals surface area contributed by atoms with Crippen LogP contribution in [-0.4, -0.2) is 22.1 Å². The van der Waals surface area contributed by atoms with Crippen molar-refractivity contribution < 1.29 is 17.7 Å². The van der Waals surface area contributed by atoms with E-state index in [-0.39, 0.29) is 5.25 Å². The summed E-state index contributed by atoms with van der Waals surface area (Å²) in [4.78, 5) is 3.79. The Hall–Kier alpha value is -0.760. The second-order valence-corrected chi connectivity index (χ2v) is 5.47. The SMILES string of the molecule is CC(N)(c1nc(C2CCCS2)no1)C(F)(F)F. The fraction of sp³-hybridized carbons (Fsp3) is 0.778. The predicted molar refractivity (Wildman–Crippen MR) is 56.3 cm³/mol. The first-order valence-corrected chi connectivity index (χ1v) is 6.18. The van der Waals surface area contributed by atoms with E-state index in [2.05, 4.69) is 14.7 Å². The maximum Gasteiger partial charge on any atom is 0.415 e. The zero-order chi connectivity index (χ0) is 12.7. The molecule has 2 unspecified atom stereocenters. The number of nitrogens with two attached hydrogens (primary N) is 1. The molecule has 1 aromatic heterocycles. The number of halogens is 3. The molecule has 1 aliphatic rings. The van der Waals surface area contributed by atoms with E-state index in [1.54, 1.807) is 11.8 Å². The van der Waals surface area contributed by atoms with Crippen molar-refractivity contribution in [3.8, 4) is 0 Å². The molecule has 0 spiro atoms. The molecular formula is C9H12F3N3OS. The van der Waals surface area contributed by atoms with Gasteiger partial charge >= 0.3 is 6.18 Å². The molecule has 1 aliphatic heterocycles. The van der Waals surface area contributed by atoms with Crippen LogP contribution < -0.4 is 5.73 Å². The molecule has 2 heterocycles. The van der Waals surface area contributed by atoms with Crippen molar-refractivity contribution in [2.75, 3.05) is 5.75 Å². The molecule has 1 aromatic rings. The van der Waals surface area contributed by atoms with Gasteiger partial charge in [0.2, 0.25) is 0 Å². The lowest BCUT2D eigenvalue weighted by Gasteiger charge is -2.22. The first kappa shape index (κ1) is 12.7. The predicted octanol–water partition coefficient (Wildman–Crippen LogP) is 2.37. The number of thioether (sulfide) groups is 1. The van der Waals surface area contributed by atoms with Crippen LogP contribution in [0.5, 0.6) is 0 Å². The zero-order valence-corrected chi connectivity index (χ0v) is 9.94. The molecule has 0 aliphatic carbocycles. The van der Waals surface area contributed by atoms with E-state index in [1.807, 2.05) is 0 Å². The molecule has 2 rings (SSSR count). The molecular weight excluding hydrogens is 255 g/mol. The van der Waals surface area contributed by atoms with Gasteiger partial charge in [0.15, 0.2) is 11.4 Å². The zero-order valence-electron chi connectivity index (χ0n) is 9.12. The van der Waals surface area contributed by atoms with Gasteiger partial charge in [0.05, 0.1) is 5.25 Å². The fourth-order valence-electron chi connectivity index (χ4n) is 1.48. The van der Waals surface area contributed by atoms with Gasteiger partial charge < -0.3 is 10.3 Å². The second kappa shape index (κ2) is 4.16. The Labute approximate surface area is 100 Å². The highest BCUT2D eigenvalue weighted by atomic mass is 32.2. The van der Waals surface area contributed by atoms with E-state index in [9.17, 15) is 13.2 Å². The van der Waals surface area contributed by atoms with Crippen LogP contribution in [0.3, 0.4) is 0 Å². The molecule has 0 amide bonds. The third-order valence-corrected chi connectivity index (χ3v) is 4.07. The molecule has 1 saturated heterocycles. The van der Waals surface area contributed by atoms with Crippen molar-refractivity contribution in [2.24, 2.45) is 5.73 Å². The third kappa shape index (κ3) is 2.28. The van der Waals surface area contributed by atoms with Gasteiger partial charge in [-0.2, -0.15) is 29.9 Å². The molecule has 17 heavy (non-hydrogen) atoms. The summed E-state index contributed by atoms with van der Waals surface area (Å²) >= 11 is 1.62. The van der Waals surface area contributed by atoms with E-state index in [0.29, 0.717) is 5.82 Å². The monoisotopic (exact) mass is 267 g/mol. The lowest BCUT2D eigenvalue weighted by atomic mass is 10.0. The van der Waals surface area contributed by atoms with Crippen LogP contribution >= 0.6 is 11.8 Å². The maximum atomic E-state index is 12.6. The highest BCUT2D eigenvalue weighted by Crippen LogP contribution is 2.40. The lowest BCUT2D eigenvalue weighted by molar-refractivity contribution is -0.190. The van der Waals surface area contributed by atoms with E-state index < -0.39 is 17.6 Å². The van der Waals surface area contributed by atoms with E-state index in [1.165, 1.54) is 0 Å². The van der Waals surface area contributed by atoms with Gasteiger partial charge in [-0.1, -0.05) is 5.16 Å². The highest BCUT2D eigenvalue weighted by molar-refractivity contribution is 7.99. The van der Waals surface area contributed by atoms with Crippen molar-refractivity contribution in [3.05, 3.63) is 11.7 Å². The summed E-state index contributed by atoms with van der Waals surface area (Å²) in [5.41, 5.74) is 2.60. The Morgan fingerprint density at radius 3 is 2.71 bits per heavy atom. The van der Waals surface area contributed by atoms with Gasteiger partial charge in [0.1, 0.15) is 0 Å². The van der Waals surface area contributed by atoms with Gasteiger partial charge in [-0.15, -0.1) is 0 Å².